The van der Waals surface area contributed by atoms with Crippen molar-refractivity contribution >= 4 is 0 Å². The standard InChI is InChI=1S/C11H19N/c1-3-4-5-6-7-8-9-11(2)10-12/h9H,3-8H2,1-2H3. The van der Waals surface area contributed by atoms with Gasteiger partial charge < -0.3 is 0 Å². The minimum Gasteiger partial charge on any atom is -0.193 e. The van der Waals surface area contributed by atoms with E-state index < -0.39 is 0 Å². The quantitative estimate of drug-likeness (QED) is 0.433. The maximum absolute atomic E-state index is 8.46. The molecule has 1 heteroatoms. The van der Waals surface area contributed by atoms with E-state index in [1.54, 1.807) is 0 Å². The first-order valence-electron chi connectivity index (χ1n) is 4.88. The fourth-order valence-electron chi connectivity index (χ4n) is 1.11. The minimum atomic E-state index is 0.852. The molecule has 0 fully saturated rings. The van der Waals surface area contributed by atoms with E-state index in [0.29, 0.717) is 0 Å². The highest BCUT2D eigenvalue weighted by molar-refractivity contribution is 5.16. The lowest BCUT2D eigenvalue weighted by Gasteiger charge is -1.95. The molecule has 0 aromatic carbocycles. The van der Waals surface area contributed by atoms with Crippen molar-refractivity contribution in [3.05, 3.63) is 11.6 Å². The Kier molecular flexibility index (Phi) is 7.79. The van der Waals surface area contributed by atoms with Crippen molar-refractivity contribution in [3.8, 4) is 6.07 Å². The third-order valence-electron chi connectivity index (χ3n) is 1.93. The van der Waals surface area contributed by atoms with Crippen molar-refractivity contribution in [3.63, 3.8) is 0 Å². The summed E-state index contributed by atoms with van der Waals surface area (Å²) in [4.78, 5) is 0. The van der Waals surface area contributed by atoms with Crippen LogP contribution < -0.4 is 0 Å². The summed E-state index contributed by atoms with van der Waals surface area (Å²) in [6.45, 7) is 4.09. The number of rotatable bonds is 6. The lowest BCUT2D eigenvalue weighted by Crippen LogP contribution is -1.77. The second-order valence-electron chi connectivity index (χ2n) is 3.20. The molecule has 12 heavy (non-hydrogen) atoms. The summed E-state index contributed by atoms with van der Waals surface area (Å²) in [5.74, 6) is 0. The van der Waals surface area contributed by atoms with Crippen LogP contribution in [0.2, 0.25) is 0 Å². The Morgan fingerprint density at radius 2 is 1.92 bits per heavy atom. The van der Waals surface area contributed by atoms with Crippen molar-refractivity contribution in [2.75, 3.05) is 0 Å². The predicted molar refractivity (Wildman–Crippen MR) is 52.7 cm³/mol. The van der Waals surface area contributed by atoms with E-state index in [2.05, 4.69) is 13.0 Å². The van der Waals surface area contributed by atoms with Gasteiger partial charge in [-0.05, 0) is 19.8 Å². The molecule has 0 aromatic rings. The number of nitrogens with zero attached hydrogens (tertiary/aromatic N) is 1. The highest BCUT2D eigenvalue weighted by atomic mass is 14.2. The number of hydrogen-bond acceptors (Lipinski definition) is 1. The smallest absolute Gasteiger partial charge is 0.0940 e. The highest BCUT2D eigenvalue weighted by Gasteiger charge is 1.87. The molecule has 0 radical (unpaired) electrons. The monoisotopic (exact) mass is 165 g/mol. The van der Waals surface area contributed by atoms with E-state index in [0.717, 1.165) is 12.0 Å². The zero-order chi connectivity index (χ0) is 9.23. The highest BCUT2D eigenvalue weighted by Crippen LogP contribution is 2.06. The van der Waals surface area contributed by atoms with Gasteiger partial charge in [-0.1, -0.05) is 38.7 Å². The molecule has 0 aliphatic rings. The predicted octanol–water partition coefficient (Wildman–Crippen LogP) is 3.82. The van der Waals surface area contributed by atoms with Gasteiger partial charge in [-0.2, -0.15) is 5.26 Å². The maximum Gasteiger partial charge on any atom is 0.0940 e. The third kappa shape index (κ3) is 7.34. The van der Waals surface area contributed by atoms with Gasteiger partial charge in [-0.3, -0.25) is 0 Å². The van der Waals surface area contributed by atoms with Gasteiger partial charge in [0.1, 0.15) is 0 Å². The van der Waals surface area contributed by atoms with E-state index in [-0.39, 0.29) is 0 Å². The van der Waals surface area contributed by atoms with E-state index >= 15 is 0 Å². The molecule has 0 atom stereocenters. The average Bonchev–Trinajstić information content (AvgIpc) is 2.10. The van der Waals surface area contributed by atoms with E-state index in [4.69, 9.17) is 5.26 Å². The molecule has 0 amide bonds. The molecule has 0 heterocycles. The fraction of sp³-hybridized carbons (Fsp3) is 0.727. The molecule has 0 aromatic heterocycles. The first-order valence-corrected chi connectivity index (χ1v) is 4.88. The van der Waals surface area contributed by atoms with E-state index in [9.17, 15) is 0 Å². The van der Waals surface area contributed by atoms with Gasteiger partial charge in [0.2, 0.25) is 0 Å². The van der Waals surface area contributed by atoms with E-state index in [1.807, 2.05) is 13.0 Å². The third-order valence-corrected chi connectivity index (χ3v) is 1.93. The van der Waals surface area contributed by atoms with Gasteiger partial charge in [0.25, 0.3) is 0 Å². The zero-order valence-electron chi connectivity index (χ0n) is 8.27. The van der Waals surface area contributed by atoms with Crippen LogP contribution in [0.1, 0.15) is 52.4 Å². The van der Waals surface area contributed by atoms with Crippen molar-refractivity contribution in [2.45, 2.75) is 52.4 Å². The topological polar surface area (TPSA) is 23.8 Å². The Hall–Kier alpha value is -0.770. The Labute approximate surface area is 76.1 Å². The summed E-state index contributed by atoms with van der Waals surface area (Å²) in [5, 5.41) is 8.46. The molecule has 0 saturated carbocycles. The first kappa shape index (κ1) is 11.2. The molecule has 0 rings (SSSR count). The van der Waals surface area contributed by atoms with Gasteiger partial charge >= 0.3 is 0 Å². The summed E-state index contributed by atoms with van der Waals surface area (Å²) in [6, 6.07) is 2.13. The van der Waals surface area contributed by atoms with Gasteiger partial charge in [0.15, 0.2) is 0 Å². The molecule has 0 bridgehead atoms. The van der Waals surface area contributed by atoms with Crippen LogP contribution in [0.25, 0.3) is 0 Å². The molecular formula is C11H19N. The van der Waals surface area contributed by atoms with Crippen LogP contribution in [-0.2, 0) is 0 Å². The molecular weight excluding hydrogens is 146 g/mol. The lowest BCUT2D eigenvalue weighted by atomic mass is 10.1. The summed E-state index contributed by atoms with van der Waals surface area (Å²) < 4.78 is 0. The lowest BCUT2D eigenvalue weighted by molar-refractivity contribution is 0.637. The molecule has 1 nitrogen and oxygen atoms in total. The Morgan fingerprint density at radius 1 is 1.25 bits per heavy atom. The van der Waals surface area contributed by atoms with Gasteiger partial charge in [0.05, 0.1) is 6.07 Å². The van der Waals surface area contributed by atoms with Crippen LogP contribution in [0.15, 0.2) is 11.6 Å². The van der Waals surface area contributed by atoms with Crippen molar-refractivity contribution in [1.29, 1.82) is 5.26 Å². The largest absolute Gasteiger partial charge is 0.193 e. The van der Waals surface area contributed by atoms with Crippen molar-refractivity contribution in [1.82, 2.24) is 0 Å². The summed E-state index contributed by atoms with van der Waals surface area (Å²) in [7, 11) is 0. The second kappa shape index (κ2) is 8.33. The summed E-state index contributed by atoms with van der Waals surface area (Å²) >= 11 is 0. The maximum atomic E-state index is 8.46. The van der Waals surface area contributed by atoms with Gasteiger partial charge in [-0.25, -0.2) is 0 Å². The molecule has 0 saturated heterocycles. The van der Waals surface area contributed by atoms with Crippen molar-refractivity contribution in [2.24, 2.45) is 0 Å². The number of nitriles is 1. The van der Waals surface area contributed by atoms with Crippen molar-refractivity contribution < 1.29 is 0 Å². The second-order valence-corrected chi connectivity index (χ2v) is 3.20. The van der Waals surface area contributed by atoms with E-state index in [1.165, 1.54) is 32.1 Å². The summed E-state index contributed by atoms with van der Waals surface area (Å²) in [5.41, 5.74) is 0.852. The Balaban J connectivity index is 3.17. The van der Waals surface area contributed by atoms with Gasteiger partial charge in [-0.15, -0.1) is 0 Å². The first-order chi connectivity index (χ1) is 5.81. The number of unbranched alkanes of at least 4 members (excludes halogenated alkanes) is 5. The molecule has 0 spiro atoms. The Morgan fingerprint density at radius 3 is 2.50 bits per heavy atom. The van der Waals surface area contributed by atoms with Crippen LogP contribution in [0.4, 0.5) is 0 Å². The summed E-state index contributed by atoms with van der Waals surface area (Å²) in [6.07, 6.45) is 9.64. The minimum absolute atomic E-state index is 0.852. The van der Waals surface area contributed by atoms with Gasteiger partial charge in [0, 0.05) is 5.57 Å². The average molecular weight is 165 g/mol. The number of allylic oxidation sites excluding steroid dienone is 2. The molecule has 0 aliphatic heterocycles. The molecule has 0 aliphatic carbocycles. The normalized spacial score (nSPS) is 11.2. The Bertz CT molecular complexity index is 162. The SMILES string of the molecule is CCCCCCCC=C(C)C#N. The zero-order valence-corrected chi connectivity index (χ0v) is 8.27. The molecule has 68 valence electrons. The van der Waals surface area contributed by atoms with Crippen LogP contribution in [-0.4, -0.2) is 0 Å². The fourth-order valence-corrected chi connectivity index (χ4v) is 1.11. The van der Waals surface area contributed by atoms with Crippen LogP contribution >= 0.6 is 0 Å². The number of hydrogen-bond donors (Lipinski definition) is 0. The molecule has 0 unspecified atom stereocenters. The molecule has 0 N–H and O–H groups in total. The van der Waals surface area contributed by atoms with Crippen LogP contribution in [0, 0.1) is 11.3 Å². The van der Waals surface area contributed by atoms with Crippen LogP contribution in [0.3, 0.4) is 0 Å². The van der Waals surface area contributed by atoms with Crippen LogP contribution in [0.5, 0.6) is 0 Å².